The molecule has 0 radical (unpaired) electrons. The number of morpholine rings is 1. The second-order valence-electron chi connectivity index (χ2n) is 5.81. The number of hydrogen-bond acceptors (Lipinski definition) is 4. The van der Waals surface area contributed by atoms with Gasteiger partial charge in [-0.05, 0) is 12.8 Å². The summed E-state index contributed by atoms with van der Waals surface area (Å²) in [5.41, 5.74) is 0. The average Bonchev–Trinajstić information content (AvgIpc) is 2.53. The standard InChI is InChI=1S/C14H26N4O3/c1-16(2)14(20)15-11-13(19)18-5-3-12(4-6-18)17-7-9-21-10-8-17/h12H,3-11H2,1-2H3,(H,15,20). The number of nitrogens with zero attached hydrogens (tertiary/aromatic N) is 3. The van der Waals surface area contributed by atoms with E-state index in [1.54, 1.807) is 14.1 Å². The molecule has 0 aromatic heterocycles. The molecule has 0 aromatic carbocycles. The van der Waals surface area contributed by atoms with Gasteiger partial charge in [-0.2, -0.15) is 0 Å². The molecule has 2 saturated heterocycles. The molecule has 0 bridgehead atoms. The van der Waals surface area contributed by atoms with E-state index in [0.717, 1.165) is 52.2 Å². The molecule has 0 aliphatic carbocycles. The van der Waals surface area contributed by atoms with Gasteiger partial charge in [0.25, 0.3) is 0 Å². The number of carbonyl (C=O) groups excluding carboxylic acids is 2. The number of urea groups is 1. The van der Waals surface area contributed by atoms with E-state index in [1.807, 2.05) is 4.90 Å². The third-order valence-corrected chi connectivity index (χ3v) is 4.18. The highest BCUT2D eigenvalue weighted by molar-refractivity contribution is 5.83. The van der Waals surface area contributed by atoms with E-state index in [2.05, 4.69) is 10.2 Å². The van der Waals surface area contributed by atoms with Crippen molar-refractivity contribution in [2.24, 2.45) is 0 Å². The third-order valence-electron chi connectivity index (χ3n) is 4.18. The van der Waals surface area contributed by atoms with Gasteiger partial charge in [0.05, 0.1) is 19.8 Å². The SMILES string of the molecule is CN(C)C(=O)NCC(=O)N1CCC(N2CCOCC2)CC1. The Morgan fingerprint density at radius 1 is 1.14 bits per heavy atom. The number of likely N-dealkylation sites (tertiary alicyclic amines) is 1. The molecule has 2 heterocycles. The largest absolute Gasteiger partial charge is 0.379 e. The Hall–Kier alpha value is -1.34. The van der Waals surface area contributed by atoms with Crippen LogP contribution in [0.3, 0.4) is 0 Å². The zero-order chi connectivity index (χ0) is 15.2. The molecule has 0 atom stereocenters. The van der Waals surface area contributed by atoms with Crippen LogP contribution in [-0.2, 0) is 9.53 Å². The summed E-state index contributed by atoms with van der Waals surface area (Å²) >= 11 is 0. The van der Waals surface area contributed by atoms with E-state index in [-0.39, 0.29) is 18.5 Å². The summed E-state index contributed by atoms with van der Waals surface area (Å²) in [6.07, 6.45) is 2.01. The highest BCUT2D eigenvalue weighted by atomic mass is 16.5. The van der Waals surface area contributed by atoms with E-state index < -0.39 is 0 Å². The van der Waals surface area contributed by atoms with Gasteiger partial charge in [-0.15, -0.1) is 0 Å². The Labute approximate surface area is 126 Å². The predicted molar refractivity (Wildman–Crippen MR) is 79.1 cm³/mol. The Kier molecular flexibility index (Phi) is 5.81. The lowest BCUT2D eigenvalue weighted by molar-refractivity contribution is -0.131. The number of nitrogens with one attached hydrogen (secondary N) is 1. The number of hydrogen-bond donors (Lipinski definition) is 1. The van der Waals surface area contributed by atoms with Gasteiger partial charge in [-0.25, -0.2) is 4.79 Å². The zero-order valence-corrected chi connectivity index (χ0v) is 13.0. The van der Waals surface area contributed by atoms with Crippen molar-refractivity contribution in [3.63, 3.8) is 0 Å². The first-order chi connectivity index (χ1) is 10.1. The van der Waals surface area contributed by atoms with Crippen LogP contribution in [-0.4, -0.2) is 92.7 Å². The first kappa shape index (κ1) is 16.0. The third kappa shape index (κ3) is 4.57. The van der Waals surface area contributed by atoms with E-state index in [9.17, 15) is 9.59 Å². The molecular weight excluding hydrogens is 272 g/mol. The van der Waals surface area contributed by atoms with Gasteiger partial charge in [0.1, 0.15) is 0 Å². The second kappa shape index (κ2) is 7.61. The van der Waals surface area contributed by atoms with Gasteiger partial charge in [-0.1, -0.05) is 0 Å². The molecule has 2 rings (SSSR count). The van der Waals surface area contributed by atoms with Crippen molar-refractivity contribution in [1.29, 1.82) is 0 Å². The van der Waals surface area contributed by atoms with Gasteiger partial charge >= 0.3 is 6.03 Å². The molecule has 0 saturated carbocycles. The van der Waals surface area contributed by atoms with Crippen molar-refractivity contribution in [3.8, 4) is 0 Å². The molecule has 21 heavy (non-hydrogen) atoms. The van der Waals surface area contributed by atoms with Gasteiger partial charge < -0.3 is 19.9 Å². The molecular formula is C14H26N4O3. The van der Waals surface area contributed by atoms with Crippen molar-refractivity contribution in [2.75, 3.05) is 60.0 Å². The smallest absolute Gasteiger partial charge is 0.317 e. The van der Waals surface area contributed by atoms with Crippen LogP contribution < -0.4 is 5.32 Å². The minimum atomic E-state index is -0.230. The van der Waals surface area contributed by atoms with Gasteiger partial charge in [0.15, 0.2) is 0 Å². The normalized spacial score (nSPS) is 21.1. The molecule has 120 valence electrons. The van der Waals surface area contributed by atoms with Gasteiger partial charge in [-0.3, -0.25) is 9.69 Å². The summed E-state index contributed by atoms with van der Waals surface area (Å²) in [5.74, 6) is 0.00521. The first-order valence-electron chi connectivity index (χ1n) is 7.62. The van der Waals surface area contributed by atoms with Crippen LogP contribution in [0.15, 0.2) is 0 Å². The summed E-state index contributed by atoms with van der Waals surface area (Å²) in [6.45, 7) is 5.26. The van der Waals surface area contributed by atoms with Crippen LogP contribution in [0.1, 0.15) is 12.8 Å². The second-order valence-corrected chi connectivity index (χ2v) is 5.81. The molecule has 2 aliphatic heterocycles. The molecule has 0 unspecified atom stereocenters. The number of ether oxygens (including phenoxy) is 1. The van der Waals surface area contributed by atoms with E-state index in [1.165, 1.54) is 4.90 Å². The van der Waals surface area contributed by atoms with Crippen LogP contribution in [0.2, 0.25) is 0 Å². The topological polar surface area (TPSA) is 65.1 Å². The molecule has 3 amide bonds. The van der Waals surface area contributed by atoms with E-state index in [4.69, 9.17) is 4.74 Å². The summed E-state index contributed by atoms with van der Waals surface area (Å²) in [7, 11) is 3.32. The maximum Gasteiger partial charge on any atom is 0.317 e. The van der Waals surface area contributed by atoms with Crippen LogP contribution in [0, 0.1) is 0 Å². The maximum absolute atomic E-state index is 12.1. The average molecular weight is 298 g/mol. The molecule has 7 heteroatoms. The Morgan fingerprint density at radius 3 is 2.33 bits per heavy atom. The number of carbonyl (C=O) groups is 2. The Balaban J connectivity index is 1.70. The van der Waals surface area contributed by atoms with Crippen LogP contribution in [0.5, 0.6) is 0 Å². The summed E-state index contributed by atoms with van der Waals surface area (Å²) in [5, 5.41) is 2.62. The van der Waals surface area contributed by atoms with Crippen molar-refractivity contribution in [3.05, 3.63) is 0 Å². The minimum absolute atomic E-state index is 0.00521. The lowest BCUT2D eigenvalue weighted by Crippen LogP contribution is -2.51. The predicted octanol–water partition coefficient (Wildman–Crippen LogP) is -0.419. The first-order valence-corrected chi connectivity index (χ1v) is 7.62. The van der Waals surface area contributed by atoms with Crippen molar-refractivity contribution in [1.82, 2.24) is 20.0 Å². The van der Waals surface area contributed by atoms with E-state index in [0.29, 0.717) is 6.04 Å². The van der Waals surface area contributed by atoms with Crippen molar-refractivity contribution in [2.45, 2.75) is 18.9 Å². The van der Waals surface area contributed by atoms with Gasteiger partial charge in [0, 0.05) is 46.3 Å². The van der Waals surface area contributed by atoms with Gasteiger partial charge in [0.2, 0.25) is 5.91 Å². The fraction of sp³-hybridized carbons (Fsp3) is 0.857. The number of piperidine rings is 1. The Bertz CT molecular complexity index is 361. The lowest BCUT2D eigenvalue weighted by atomic mass is 10.0. The highest BCUT2D eigenvalue weighted by Gasteiger charge is 2.27. The van der Waals surface area contributed by atoms with Crippen LogP contribution >= 0.6 is 0 Å². The highest BCUT2D eigenvalue weighted by Crippen LogP contribution is 2.17. The monoisotopic (exact) mass is 298 g/mol. The quantitative estimate of drug-likeness (QED) is 0.769. The fourth-order valence-corrected chi connectivity index (χ4v) is 2.84. The van der Waals surface area contributed by atoms with Crippen molar-refractivity contribution >= 4 is 11.9 Å². The minimum Gasteiger partial charge on any atom is -0.379 e. The number of amides is 3. The number of rotatable bonds is 3. The fourth-order valence-electron chi connectivity index (χ4n) is 2.84. The molecule has 0 spiro atoms. The summed E-state index contributed by atoms with van der Waals surface area (Å²) < 4.78 is 5.37. The Morgan fingerprint density at radius 2 is 1.76 bits per heavy atom. The van der Waals surface area contributed by atoms with Crippen LogP contribution in [0.4, 0.5) is 4.79 Å². The summed E-state index contributed by atoms with van der Waals surface area (Å²) in [4.78, 5) is 29.2. The van der Waals surface area contributed by atoms with E-state index >= 15 is 0 Å². The lowest BCUT2D eigenvalue weighted by Gasteiger charge is -2.40. The van der Waals surface area contributed by atoms with Crippen molar-refractivity contribution < 1.29 is 14.3 Å². The summed E-state index contributed by atoms with van der Waals surface area (Å²) in [6, 6.07) is 0.334. The molecule has 1 N–H and O–H groups in total. The molecule has 7 nitrogen and oxygen atoms in total. The molecule has 2 fully saturated rings. The maximum atomic E-state index is 12.1. The van der Waals surface area contributed by atoms with Crippen LogP contribution in [0.25, 0.3) is 0 Å². The molecule has 2 aliphatic rings. The zero-order valence-electron chi connectivity index (χ0n) is 13.0. The molecule has 0 aromatic rings.